The summed E-state index contributed by atoms with van der Waals surface area (Å²) in [4.78, 5) is 6.86. The van der Waals surface area contributed by atoms with Crippen LogP contribution in [0.2, 0.25) is 0 Å². The van der Waals surface area contributed by atoms with Crippen LogP contribution in [-0.2, 0) is 26.6 Å². The Morgan fingerprint density at radius 1 is 1.04 bits per heavy atom. The molecule has 0 aliphatic carbocycles. The van der Waals surface area contributed by atoms with Crippen molar-refractivity contribution in [2.24, 2.45) is 12.0 Å². The molecule has 3 rings (SSSR count). The van der Waals surface area contributed by atoms with Crippen LogP contribution in [0, 0.1) is 0 Å². The highest BCUT2D eigenvalue weighted by atomic mass is 15.2. The summed E-state index contributed by atoms with van der Waals surface area (Å²) in [7, 11) is 3.75. The molecule has 0 unspecified atom stereocenters. The van der Waals surface area contributed by atoms with E-state index in [1.807, 2.05) is 24.1 Å². The standard InChI is InChI=1S/C21H32N6/c1-22-21(23-11-10-20-15-25-26(2)16-20)24-14-18-6-8-19(9-7-18)17-27-12-4-3-5-13-27/h6-9,15-16H,3-5,10-14,17H2,1-2H3,(H2,22,23,24). The number of piperidine rings is 1. The lowest BCUT2D eigenvalue weighted by molar-refractivity contribution is 0.221. The van der Waals surface area contributed by atoms with Gasteiger partial charge < -0.3 is 10.6 Å². The average molecular weight is 369 g/mol. The molecule has 1 fully saturated rings. The molecule has 1 aromatic carbocycles. The minimum absolute atomic E-state index is 0.774. The van der Waals surface area contributed by atoms with E-state index in [0.29, 0.717) is 0 Å². The number of hydrogen-bond donors (Lipinski definition) is 2. The van der Waals surface area contributed by atoms with Gasteiger partial charge in [-0.05, 0) is 49.0 Å². The van der Waals surface area contributed by atoms with Crippen molar-refractivity contribution in [2.45, 2.75) is 38.8 Å². The molecule has 0 bridgehead atoms. The second-order valence-corrected chi connectivity index (χ2v) is 7.28. The van der Waals surface area contributed by atoms with Crippen LogP contribution in [0.5, 0.6) is 0 Å². The molecule has 0 atom stereocenters. The number of likely N-dealkylation sites (tertiary alicyclic amines) is 1. The predicted octanol–water partition coefficient (Wildman–Crippen LogP) is 2.31. The lowest BCUT2D eigenvalue weighted by Crippen LogP contribution is -2.37. The van der Waals surface area contributed by atoms with E-state index in [1.54, 1.807) is 7.05 Å². The van der Waals surface area contributed by atoms with Gasteiger partial charge >= 0.3 is 0 Å². The SMILES string of the molecule is CN=C(NCCc1cnn(C)c1)NCc1ccc(CN2CCCCC2)cc1. The van der Waals surface area contributed by atoms with E-state index in [-0.39, 0.29) is 0 Å². The first-order valence-corrected chi connectivity index (χ1v) is 9.95. The Balaban J connectivity index is 1.39. The first-order valence-electron chi connectivity index (χ1n) is 9.95. The summed E-state index contributed by atoms with van der Waals surface area (Å²) in [5.41, 5.74) is 3.90. The first kappa shape index (κ1) is 19.4. The summed E-state index contributed by atoms with van der Waals surface area (Å²) in [5, 5.41) is 10.9. The fraction of sp³-hybridized carbons (Fsp3) is 0.524. The highest BCUT2D eigenvalue weighted by Gasteiger charge is 2.10. The Hall–Kier alpha value is -2.34. The van der Waals surface area contributed by atoms with Crippen LogP contribution in [-0.4, -0.2) is 47.3 Å². The molecule has 0 spiro atoms. The summed E-state index contributed by atoms with van der Waals surface area (Å²) in [5.74, 6) is 0.830. The molecular weight excluding hydrogens is 336 g/mol. The van der Waals surface area contributed by atoms with Gasteiger partial charge in [-0.3, -0.25) is 14.6 Å². The maximum absolute atomic E-state index is 4.30. The predicted molar refractivity (Wildman–Crippen MR) is 111 cm³/mol. The molecule has 0 saturated carbocycles. The Bertz CT molecular complexity index is 713. The number of aliphatic imine (C=N–C) groups is 1. The topological polar surface area (TPSA) is 57.5 Å². The lowest BCUT2D eigenvalue weighted by Gasteiger charge is -2.26. The lowest BCUT2D eigenvalue weighted by atomic mass is 10.1. The number of hydrogen-bond acceptors (Lipinski definition) is 3. The Labute approximate surface area is 162 Å². The number of aromatic nitrogens is 2. The monoisotopic (exact) mass is 368 g/mol. The zero-order chi connectivity index (χ0) is 18.9. The minimum atomic E-state index is 0.774. The fourth-order valence-corrected chi connectivity index (χ4v) is 3.47. The van der Waals surface area contributed by atoms with Crippen molar-refractivity contribution in [3.63, 3.8) is 0 Å². The first-order chi connectivity index (χ1) is 13.2. The van der Waals surface area contributed by atoms with Gasteiger partial charge in [-0.25, -0.2) is 0 Å². The number of nitrogens with one attached hydrogen (secondary N) is 2. The van der Waals surface area contributed by atoms with Crippen molar-refractivity contribution in [1.29, 1.82) is 0 Å². The van der Waals surface area contributed by atoms with Gasteiger partial charge in [0.05, 0.1) is 6.20 Å². The second-order valence-electron chi connectivity index (χ2n) is 7.28. The van der Waals surface area contributed by atoms with Crippen LogP contribution in [0.3, 0.4) is 0 Å². The molecule has 0 amide bonds. The number of aryl methyl sites for hydroxylation is 1. The van der Waals surface area contributed by atoms with Crippen molar-refractivity contribution in [1.82, 2.24) is 25.3 Å². The van der Waals surface area contributed by atoms with Gasteiger partial charge in [-0.2, -0.15) is 5.10 Å². The van der Waals surface area contributed by atoms with Gasteiger partial charge in [0.15, 0.2) is 5.96 Å². The molecule has 1 aliphatic rings. The highest BCUT2D eigenvalue weighted by molar-refractivity contribution is 5.79. The molecule has 1 aliphatic heterocycles. The zero-order valence-electron chi connectivity index (χ0n) is 16.6. The average Bonchev–Trinajstić information content (AvgIpc) is 3.11. The summed E-state index contributed by atoms with van der Waals surface area (Å²) in [6.45, 7) is 5.16. The van der Waals surface area contributed by atoms with Crippen molar-refractivity contribution in [2.75, 3.05) is 26.7 Å². The van der Waals surface area contributed by atoms with Crippen molar-refractivity contribution < 1.29 is 0 Å². The van der Waals surface area contributed by atoms with Crippen LogP contribution in [0.25, 0.3) is 0 Å². The third-order valence-corrected chi connectivity index (χ3v) is 5.03. The molecular formula is C21H32N6. The summed E-state index contributed by atoms with van der Waals surface area (Å²) in [6, 6.07) is 8.94. The van der Waals surface area contributed by atoms with E-state index in [0.717, 1.165) is 32.0 Å². The Morgan fingerprint density at radius 2 is 1.78 bits per heavy atom. The number of rotatable bonds is 7. The van der Waals surface area contributed by atoms with E-state index in [2.05, 4.69) is 49.9 Å². The molecule has 146 valence electrons. The largest absolute Gasteiger partial charge is 0.356 e. The van der Waals surface area contributed by atoms with Crippen LogP contribution >= 0.6 is 0 Å². The van der Waals surface area contributed by atoms with Gasteiger partial charge in [-0.1, -0.05) is 30.7 Å². The van der Waals surface area contributed by atoms with Crippen molar-refractivity contribution in [3.05, 3.63) is 53.3 Å². The molecule has 27 heavy (non-hydrogen) atoms. The van der Waals surface area contributed by atoms with Crippen LogP contribution < -0.4 is 10.6 Å². The van der Waals surface area contributed by atoms with E-state index in [9.17, 15) is 0 Å². The van der Waals surface area contributed by atoms with Gasteiger partial charge in [0.1, 0.15) is 0 Å². The van der Waals surface area contributed by atoms with Crippen molar-refractivity contribution in [3.8, 4) is 0 Å². The highest BCUT2D eigenvalue weighted by Crippen LogP contribution is 2.13. The van der Waals surface area contributed by atoms with Gasteiger partial charge in [0, 0.05) is 39.9 Å². The number of nitrogens with zero attached hydrogens (tertiary/aromatic N) is 4. The molecule has 1 saturated heterocycles. The maximum atomic E-state index is 4.30. The van der Waals surface area contributed by atoms with Gasteiger partial charge in [0.25, 0.3) is 0 Å². The Kier molecular flexibility index (Phi) is 7.27. The molecule has 2 heterocycles. The number of guanidine groups is 1. The molecule has 6 nitrogen and oxygen atoms in total. The zero-order valence-corrected chi connectivity index (χ0v) is 16.6. The fourth-order valence-electron chi connectivity index (χ4n) is 3.47. The normalized spacial score (nSPS) is 15.7. The minimum Gasteiger partial charge on any atom is -0.356 e. The summed E-state index contributed by atoms with van der Waals surface area (Å²) >= 11 is 0. The van der Waals surface area contributed by atoms with Crippen LogP contribution in [0.15, 0.2) is 41.7 Å². The quantitative estimate of drug-likeness (QED) is 0.582. The number of benzene rings is 1. The molecule has 1 aromatic heterocycles. The molecule has 6 heteroatoms. The van der Waals surface area contributed by atoms with E-state index in [4.69, 9.17) is 0 Å². The molecule has 2 N–H and O–H groups in total. The van der Waals surface area contributed by atoms with Crippen LogP contribution in [0.4, 0.5) is 0 Å². The summed E-state index contributed by atoms with van der Waals surface area (Å²) in [6.07, 6.45) is 8.95. The van der Waals surface area contributed by atoms with E-state index >= 15 is 0 Å². The van der Waals surface area contributed by atoms with Crippen molar-refractivity contribution >= 4 is 5.96 Å². The molecule has 0 radical (unpaired) electrons. The third kappa shape index (κ3) is 6.40. The smallest absolute Gasteiger partial charge is 0.191 e. The third-order valence-electron chi connectivity index (χ3n) is 5.03. The summed E-state index contributed by atoms with van der Waals surface area (Å²) < 4.78 is 1.83. The van der Waals surface area contributed by atoms with E-state index < -0.39 is 0 Å². The van der Waals surface area contributed by atoms with Gasteiger partial charge in [-0.15, -0.1) is 0 Å². The maximum Gasteiger partial charge on any atom is 0.191 e. The van der Waals surface area contributed by atoms with Crippen LogP contribution in [0.1, 0.15) is 36.0 Å². The second kappa shape index (κ2) is 10.1. The van der Waals surface area contributed by atoms with Gasteiger partial charge in [0.2, 0.25) is 0 Å². The molecule has 2 aromatic rings. The van der Waals surface area contributed by atoms with E-state index in [1.165, 1.54) is 49.0 Å². The Morgan fingerprint density at radius 3 is 2.44 bits per heavy atom.